The highest BCUT2D eigenvalue weighted by Gasteiger charge is 2.19. The zero-order chi connectivity index (χ0) is 11.4. The maximum atomic E-state index is 10.4. The molecule has 1 aromatic rings. The maximum absolute atomic E-state index is 10.4. The number of piperazine rings is 1. The molecule has 1 aliphatic rings. The molecular weight excluding hydrogens is 206 g/mol. The Morgan fingerprint density at radius 2 is 2.00 bits per heavy atom. The van der Waals surface area contributed by atoms with Crippen molar-refractivity contribution in [3.8, 4) is 0 Å². The zero-order valence-electron chi connectivity index (χ0n) is 9.00. The molecule has 0 spiro atoms. The SMILES string of the molecule is [O]C(=O)CN1CCN(c2ccccn2)CC1. The fourth-order valence-corrected chi connectivity index (χ4v) is 1.86. The van der Waals surface area contributed by atoms with E-state index in [-0.39, 0.29) is 6.54 Å². The van der Waals surface area contributed by atoms with Gasteiger partial charge in [0.15, 0.2) is 0 Å². The number of aromatic nitrogens is 1. The first kappa shape index (κ1) is 10.9. The Morgan fingerprint density at radius 1 is 1.25 bits per heavy atom. The number of hydrogen-bond donors (Lipinski definition) is 0. The molecule has 5 heteroatoms. The second kappa shape index (κ2) is 4.94. The predicted molar refractivity (Wildman–Crippen MR) is 58.6 cm³/mol. The molecule has 2 rings (SSSR count). The van der Waals surface area contributed by atoms with Crippen LogP contribution in [0, 0.1) is 0 Å². The summed E-state index contributed by atoms with van der Waals surface area (Å²) >= 11 is 0. The Balaban J connectivity index is 1.88. The Hall–Kier alpha value is -1.62. The normalized spacial score (nSPS) is 17.4. The molecule has 0 atom stereocenters. The number of hydrogen-bond acceptors (Lipinski definition) is 4. The van der Waals surface area contributed by atoms with Crippen molar-refractivity contribution in [3.63, 3.8) is 0 Å². The molecule has 1 saturated heterocycles. The van der Waals surface area contributed by atoms with E-state index in [1.54, 1.807) is 6.20 Å². The number of pyridine rings is 1. The standard InChI is InChI=1S/C11H14N3O2/c15-11(16)9-13-5-7-14(8-6-13)10-3-1-2-4-12-10/h1-4H,5-9H2. The van der Waals surface area contributed by atoms with Crippen LogP contribution in [0.15, 0.2) is 24.4 Å². The van der Waals surface area contributed by atoms with Crippen LogP contribution in [0.2, 0.25) is 0 Å². The average Bonchev–Trinajstić information content (AvgIpc) is 2.30. The van der Waals surface area contributed by atoms with Gasteiger partial charge < -0.3 is 4.90 Å². The molecule has 5 nitrogen and oxygen atoms in total. The summed E-state index contributed by atoms with van der Waals surface area (Å²) in [5.74, 6) is -0.0538. The van der Waals surface area contributed by atoms with E-state index >= 15 is 0 Å². The first-order chi connectivity index (χ1) is 7.75. The molecule has 1 fully saturated rings. The van der Waals surface area contributed by atoms with Gasteiger partial charge in [0.1, 0.15) is 12.4 Å². The third-order valence-corrected chi connectivity index (χ3v) is 2.70. The first-order valence-corrected chi connectivity index (χ1v) is 5.34. The molecule has 0 N–H and O–H groups in total. The van der Waals surface area contributed by atoms with Gasteiger partial charge in [-0.3, -0.25) is 4.90 Å². The highest BCUT2D eigenvalue weighted by molar-refractivity contribution is 5.68. The fourth-order valence-electron chi connectivity index (χ4n) is 1.86. The molecule has 0 aromatic carbocycles. The largest absolute Gasteiger partial charge is 0.369 e. The summed E-state index contributed by atoms with van der Waals surface area (Å²) in [7, 11) is 0. The topological polar surface area (TPSA) is 56.3 Å². The molecule has 1 aliphatic heterocycles. The van der Waals surface area contributed by atoms with Gasteiger partial charge in [-0.15, -0.1) is 0 Å². The molecule has 0 amide bonds. The van der Waals surface area contributed by atoms with Crippen molar-refractivity contribution in [2.45, 2.75) is 0 Å². The van der Waals surface area contributed by atoms with E-state index in [0.717, 1.165) is 32.0 Å². The third-order valence-electron chi connectivity index (χ3n) is 2.70. The van der Waals surface area contributed by atoms with Gasteiger partial charge in [0.05, 0.1) is 0 Å². The summed E-state index contributed by atoms with van der Waals surface area (Å²) in [6, 6.07) is 5.81. The molecule has 0 bridgehead atoms. The van der Waals surface area contributed by atoms with Crippen molar-refractivity contribution in [1.82, 2.24) is 9.88 Å². The van der Waals surface area contributed by atoms with E-state index in [1.165, 1.54) is 0 Å². The summed E-state index contributed by atoms with van der Waals surface area (Å²) in [4.78, 5) is 18.7. The van der Waals surface area contributed by atoms with Crippen molar-refractivity contribution in [3.05, 3.63) is 24.4 Å². The average molecular weight is 220 g/mol. The summed E-state index contributed by atoms with van der Waals surface area (Å²) in [6.45, 7) is 3.12. The molecular formula is C11H14N3O2. The van der Waals surface area contributed by atoms with Gasteiger partial charge in [-0.2, -0.15) is 0 Å². The van der Waals surface area contributed by atoms with Crippen molar-refractivity contribution < 1.29 is 9.90 Å². The van der Waals surface area contributed by atoms with Crippen LogP contribution in [0.4, 0.5) is 5.82 Å². The van der Waals surface area contributed by atoms with Gasteiger partial charge in [-0.1, -0.05) is 6.07 Å². The first-order valence-electron chi connectivity index (χ1n) is 5.34. The van der Waals surface area contributed by atoms with Crippen LogP contribution in [0.25, 0.3) is 0 Å². The molecule has 0 unspecified atom stereocenters. The number of carbonyl (C=O) groups excluding carboxylic acids is 1. The monoisotopic (exact) mass is 220 g/mol. The van der Waals surface area contributed by atoms with Gasteiger partial charge in [-0.25, -0.2) is 14.9 Å². The second-order valence-electron chi connectivity index (χ2n) is 3.82. The van der Waals surface area contributed by atoms with Crippen molar-refractivity contribution in [2.75, 3.05) is 37.6 Å². The lowest BCUT2D eigenvalue weighted by Crippen LogP contribution is -2.48. The fraction of sp³-hybridized carbons (Fsp3) is 0.455. The van der Waals surface area contributed by atoms with Crippen LogP contribution in [0.1, 0.15) is 0 Å². The van der Waals surface area contributed by atoms with Gasteiger partial charge in [-0.05, 0) is 12.1 Å². The number of anilines is 1. The van der Waals surface area contributed by atoms with Crippen LogP contribution in [-0.4, -0.2) is 48.6 Å². The number of carbonyl (C=O) groups is 1. The van der Waals surface area contributed by atoms with Gasteiger partial charge in [0.25, 0.3) is 0 Å². The van der Waals surface area contributed by atoms with Crippen LogP contribution in [0.5, 0.6) is 0 Å². The minimum absolute atomic E-state index is 0.0239. The van der Waals surface area contributed by atoms with Gasteiger partial charge in [0.2, 0.25) is 0 Å². The quantitative estimate of drug-likeness (QED) is 0.728. The zero-order valence-corrected chi connectivity index (χ0v) is 9.00. The molecule has 16 heavy (non-hydrogen) atoms. The minimum atomic E-state index is -1.01. The Bertz CT molecular complexity index is 348. The van der Waals surface area contributed by atoms with E-state index in [2.05, 4.69) is 9.88 Å². The second-order valence-corrected chi connectivity index (χ2v) is 3.82. The number of rotatable bonds is 3. The highest BCUT2D eigenvalue weighted by Crippen LogP contribution is 2.11. The summed E-state index contributed by atoms with van der Waals surface area (Å²) in [5, 5.41) is 10.4. The van der Waals surface area contributed by atoms with Crippen LogP contribution in [-0.2, 0) is 9.90 Å². The van der Waals surface area contributed by atoms with Crippen LogP contribution >= 0.6 is 0 Å². The Labute approximate surface area is 94.3 Å². The molecule has 0 aliphatic carbocycles. The number of nitrogens with zero attached hydrogens (tertiary/aromatic N) is 3. The molecule has 0 saturated carbocycles. The van der Waals surface area contributed by atoms with Crippen molar-refractivity contribution in [1.29, 1.82) is 0 Å². The Kier molecular flexibility index (Phi) is 3.36. The van der Waals surface area contributed by atoms with Gasteiger partial charge >= 0.3 is 5.97 Å². The van der Waals surface area contributed by atoms with E-state index in [9.17, 15) is 9.90 Å². The predicted octanol–water partition coefficient (Wildman–Crippen LogP) is 0.161. The van der Waals surface area contributed by atoms with Crippen LogP contribution in [0.3, 0.4) is 0 Å². The van der Waals surface area contributed by atoms with Crippen LogP contribution < -0.4 is 4.90 Å². The summed E-state index contributed by atoms with van der Waals surface area (Å²) in [5.41, 5.74) is 0. The van der Waals surface area contributed by atoms with E-state index in [1.807, 2.05) is 23.1 Å². The minimum Gasteiger partial charge on any atom is -0.354 e. The molecule has 2 heterocycles. The third kappa shape index (κ3) is 2.70. The lowest BCUT2D eigenvalue weighted by atomic mass is 10.3. The van der Waals surface area contributed by atoms with Crippen molar-refractivity contribution >= 4 is 11.8 Å². The molecule has 85 valence electrons. The van der Waals surface area contributed by atoms with E-state index in [4.69, 9.17) is 0 Å². The highest BCUT2D eigenvalue weighted by atomic mass is 16.4. The summed E-state index contributed by atoms with van der Waals surface area (Å²) in [6.07, 6.45) is 1.77. The van der Waals surface area contributed by atoms with Gasteiger partial charge in [0, 0.05) is 32.4 Å². The van der Waals surface area contributed by atoms with E-state index in [0.29, 0.717) is 0 Å². The lowest BCUT2D eigenvalue weighted by molar-refractivity contribution is -0.144. The smallest absolute Gasteiger partial charge is 0.354 e. The van der Waals surface area contributed by atoms with Crippen molar-refractivity contribution in [2.24, 2.45) is 0 Å². The molecule has 1 aromatic heterocycles. The lowest BCUT2D eigenvalue weighted by Gasteiger charge is -2.34. The summed E-state index contributed by atoms with van der Waals surface area (Å²) < 4.78 is 0. The van der Waals surface area contributed by atoms with E-state index < -0.39 is 5.97 Å². The maximum Gasteiger partial charge on any atom is 0.369 e. The Morgan fingerprint density at radius 3 is 2.56 bits per heavy atom. The molecule has 1 radical (unpaired) electrons.